The monoisotopic (exact) mass is 500 g/mol. The molecule has 0 heterocycles. The van der Waals surface area contributed by atoms with Gasteiger partial charge in [-0.15, -0.1) is 0 Å². The van der Waals surface area contributed by atoms with Gasteiger partial charge in [0.2, 0.25) is 10.0 Å². The molecule has 0 radical (unpaired) electrons. The molecule has 3 aromatic carbocycles. The quantitative estimate of drug-likeness (QED) is 0.368. The van der Waals surface area contributed by atoms with Gasteiger partial charge in [0.25, 0.3) is 5.91 Å². The molecule has 0 fully saturated rings. The van der Waals surface area contributed by atoms with Crippen LogP contribution in [0.1, 0.15) is 30.9 Å². The van der Waals surface area contributed by atoms with Crippen LogP contribution in [0.3, 0.4) is 0 Å². The largest absolute Gasteiger partial charge is 0.484 e. The van der Waals surface area contributed by atoms with Crippen molar-refractivity contribution >= 4 is 38.9 Å². The molecule has 0 bridgehead atoms. The first-order valence-electron chi connectivity index (χ1n) is 11.1. The van der Waals surface area contributed by atoms with Crippen molar-refractivity contribution in [3.05, 3.63) is 88.9 Å². The molecule has 34 heavy (non-hydrogen) atoms. The van der Waals surface area contributed by atoms with E-state index in [0.717, 1.165) is 25.5 Å². The van der Waals surface area contributed by atoms with Gasteiger partial charge in [-0.1, -0.05) is 55.3 Å². The third kappa shape index (κ3) is 7.50. The number of carbonyl (C=O) groups excluding carboxylic acids is 1. The molecular formula is C26H29ClN2O4S. The summed E-state index contributed by atoms with van der Waals surface area (Å²) in [6.45, 7) is 2.11. The van der Waals surface area contributed by atoms with Crippen molar-refractivity contribution < 1.29 is 17.9 Å². The lowest BCUT2D eigenvalue weighted by atomic mass is 10.1. The van der Waals surface area contributed by atoms with Crippen LogP contribution in [0, 0.1) is 0 Å². The minimum Gasteiger partial charge on any atom is -0.484 e. The van der Waals surface area contributed by atoms with E-state index in [1.807, 2.05) is 30.3 Å². The van der Waals surface area contributed by atoms with E-state index < -0.39 is 10.0 Å². The maximum atomic E-state index is 12.4. The highest BCUT2D eigenvalue weighted by Crippen LogP contribution is 2.26. The number of nitrogens with one attached hydrogen (secondary N) is 1. The molecule has 0 atom stereocenters. The summed E-state index contributed by atoms with van der Waals surface area (Å²) in [6, 6.07) is 21.5. The Balaban J connectivity index is 1.58. The van der Waals surface area contributed by atoms with Gasteiger partial charge in [-0.05, 0) is 66.4 Å². The second kappa shape index (κ2) is 11.9. The molecule has 6 nitrogen and oxygen atoms in total. The molecule has 8 heteroatoms. The van der Waals surface area contributed by atoms with Crippen molar-refractivity contribution in [3.8, 4) is 5.75 Å². The Hall–Kier alpha value is -3.03. The van der Waals surface area contributed by atoms with Gasteiger partial charge in [0.1, 0.15) is 5.75 Å². The lowest BCUT2D eigenvalue weighted by Crippen LogP contribution is -2.29. The zero-order chi connectivity index (χ0) is 24.6. The summed E-state index contributed by atoms with van der Waals surface area (Å²) < 4.78 is 31.6. The molecular weight excluding hydrogens is 472 g/mol. The molecule has 0 aliphatic rings. The van der Waals surface area contributed by atoms with Gasteiger partial charge in [0.05, 0.1) is 18.5 Å². The van der Waals surface area contributed by atoms with E-state index in [0.29, 0.717) is 27.7 Å². The summed E-state index contributed by atoms with van der Waals surface area (Å²) in [6.07, 6.45) is 4.46. The van der Waals surface area contributed by atoms with Crippen LogP contribution in [0.15, 0.2) is 72.8 Å². The second-order valence-electron chi connectivity index (χ2n) is 7.99. The lowest BCUT2D eigenvalue weighted by Gasteiger charge is -2.23. The van der Waals surface area contributed by atoms with Gasteiger partial charge in [-0.3, -0.25) is 9.10 Å². The number of halogens is 1. The molecule has 1 N–H and O–H groups in total. The van der Waals surface area contributed by atoms with E-state index in [9.17, 15) is 13.2 Å². The van der Waals surface area contributed by atoms with Crippen LogP contribution in [-0.4, -0.2) is 27.2 Å². The van der Waals surface area contributed by atoms with Gasteiger partial charge in [0, 0.05) is 10.7 Å². The maximum Gasteiger partial charge on any atom is 0.262 e. The lowest BCUT2D eigenvalue weighted by molar-refractivity contribution is -0.118. The van der Waals surface area contributed by atoms with Crippen molar-refractivity contribution in [2.75, 3.05) is 22.5 Å². The number of hydrogen-bond acceptors (Lipinski definition) is 4. The third-order valence-electron chi connectivity index (χ3n) is 5.22. The first-order valence-corrected chi connectivity index (χ1v) is 13.3. The Morgan fingerprint density at radius 1 is 1.00 bits per heavy atom. The number of sulfonamides is 1. The average molecular weight is 501 g/mol. The van der Waals surface area contributed by atoms with Crippen LogP contribution in [0.5, 0.6) is 5.75 Å². The summed E-state index contributed by atoms with van der Waals surface area (Å²) in [5.41, 5.74) is 3.13. The van der Waals surface area contributed by atoms with Crippen LogP contribution >= 0.6 is 11.6 Å². The first kappa shape index (κ1) is 25.6. The van der Waals surface area contributed by atoms with E-state index in [4.69, 9.17) is 16.3 Å². The number of hydrogen-bond donors (Lipinski definition) is 1. The van der Waals surface area contributed by atoms with Crippen molar-refractivity contribution in [2.24, 2.45) is 0 Å². The van der Waals surface area contributed by atoms with E-state index in [1.165, 1.54) is 9.87 Å². The summed E-state index contributed by atoms with van der Waals surface area (Å²) in [7, 11) is -3.54. The molecule has 0 saturated carbocycles. The zero-order valence-corrected chi connectivity index (χ0v) is 20.9. The predicted molar refractivity (Wildman–Crippen MR) is 138 cm³/mol. The first-order chi connectivity index (χ1) is 16.3. The number of amides is 1. The molecule has 180 valence electrons. The number of carbonyl (C=O) groups is 1. The number of ether oxygens (including phenoxy) is 1. The van der Waals surface area contributed by atoms with E-state index >= 15 is 0 Å². The Morgan fingerprint density at radius 3 is 2.29 bits per heavy atom. The Labute approximate surface area is 206 Å². The molecule has 0 spiro atoms. The van der Waals surface area contributed by atoms with Crippen LogP contribution in [-0.2, 0) is 27.8 Å². The zero-order valence-electron chi connectivity index (χ0n) is 19.3. The van der Waals surface area contributed by atoms with E-state index in [2.05, 4.69) is 12.2 Å². The molecule has 0 aliphatic carbocycles. The van der Waals surface area contributed by atoms with Crippen LogP contribution < -0.4 is 14.4 Å². The standard InChI is InChI=1S/C26H29ClN2O4S/c1-3-4-7-20-10-12-22(13-11-20)28-26(30)19-33-24-16-14-23(15-17-24)29(34(2,31)32)18-21-8-5-6-9-25(21)27/h5-6,8-17H,3-4,7,18-19H2,1-2H3,(H,28,30). The minimum atomic E-state index is -3.54. The fraction of sp³-hybridized carbons (Fsp3) is 0.269. The Bertz CT molecular complexity index is 1200. The maximum absolute atomic E-state index is 12.4. The summed E-state index contributed by atoms with van der Waals surface area (Å²) in [4.78, 5) is 12.2. The van der Waals surface area contributed by atoms with Crippen molar-refractivity contribution in [3.63, 3.8) is 0 Å². The molecule has 0 aromatic heterocycles. The van der Waals surface area contributed by atoms with Gasteiger partial charge in [0.15, 0.2) is 6.61 Å². The highest BCUT2D eigenvalue weighted by atomic mass is 35.5. The summed E-state index contributed by atoms with van der Waals surface area (Å²) >= 11 is 6.21. The van der Waals surface area contributed by atoms with Crippen molar-refractivity contribution in [1.29, 1.82) is 0 Å². The van der Waals surface area contributed by atoms with Crippen LogP contribution in [0.2, 0.25) is 5.02 Å². The predicted octanol–water partition coefficient (Wildman–Crippen LogP) is 5.67. The van der Waals surface area contributed by atoms with Gasteiger partial charge in [-0.25, -0.2) is 8.42 Å². The second-order valence-corrected chi connectivity index (χ2v) is 10.3. The van der Waals surface area contributed by atoms with E-state index in [-0.39, 0.29) is 19.1 Å². The van der Waals surface area contributed by atoms with E-state index in [1.54, 1.807) is 42.5 Å². The topological polar surface area (TPSA) is 75.7 Å². The van der Waals surface area contributed by atoms with Crippen LogP contribution in [0.25, 0.3) is 0 Å². The number of aryl methyl sites for hydroxylation is 1. The summed E-state index contributed by atoms with van der Waals surface area (Å²) in [5, 5.41) is 3.31. The van der Waals surface area contributed by atoms with Crippen LogP contribution in [0.4, 0.5) is 11.4 Å². The van der Waals surface area contributed by atoms with Crippen molar-refractivity contribution in [1.82, 2.24) is 0 Å². The Kier molecular flexibility index (Phi) is 8.96. The number of anilines is 2. The normalized spacial score (nSPS) is 11.1. The fourth-order valence-electron chi connectivity index (χ4n) is 3.37. The third-order valence-corrected chi connectivity index (χ3v) is 6.73. The smallest absolute Gasteiger partial charge is 0.262 e. The van der Waals surface area contributed by atoms with Gasteiger partial charge < -0.3 is 10.1 Å². The fourth-order valence-corrected chi connectivity index (χ4v) is 4.45. The molecule has 3 rings (SSSR count). The number of rotatable bonds is 11. The average Bonchev–Trinajstić information content (AvgIpc) is 2.81. The Morgan fingerprint density at radius 2 is 1.68 bits per heavy atom. The molecule has 0 saturated heterocycles. The number of unbranched alkanes of at least 4 members (excludes halogenated alkanes) is 1. The highest BCUT2D eigenvalue weighted by molar-refractivity contribution is 7.92. The highest BCUT2D eigenvalue weighted by Gasteiger charge is 2.19. The SMILES string of the molecule is CCCCc1ccc(NC(=O)COc2ccc(N(Cc3ccccc3Cl)S(C)(=O)=O)cc2)cc1. The molecule has 0 aliphatic heterocycles. The molecule has 0 unspecified atom stereocenters. The molecule has 1 amide bonds. The number of benzene rings is 3. The summed E-state index contributed by atoms with van der Waals surface area (Å²) in [5.74, 6) is 0.182. The number of nitrogens with zero attached hydrogens (tertiary/aromatic N) is 1. The van der Waals surface area contributed by atoms with Gasteiger partial charge in [-0.2, -0.15) is 0 Å². The van der Waals surface area contributed by atoms with Gasteiger partial charge >= 0.3 is 0 Å². The minimum absolute atomic E-state index is 0.109. The van der Waals surface area contributed by atoms with Crippen molar-refractivity contribution in [2.45, 2.75) is 32.7 Å². The molecule has 3 aromatic rings.